The Kier molecular flexibility index (Phi) is 3.59. The topological polar surface area (TPSA) is 48.1 Å². The number of hydrogen-bond acceptors (Lipinski definition) is 4. The monoisotopic (exact) mass is 226 g/mol. The Labute approximate surface area is 94.7 Å². The van der Waals surface area contributed by atoms with Crippen LogP contribution in [0.25, 0.3) is 0 Å². The lowest BCUT2D eigenvalue weighted by molar-refractivity contribution is 0.00112. The summed E-state index contributed by atoms with van der Waals surface area (Å²) in [5.41, 5.74) is 6.82. The average Bonchev–Trinajstić information content (AvgIpc) is 2.66. The van der Waals surface area contributed by atoms with Crippen LogP contribution in [0.4, 0.5) is 5.13 Å². The number of thiazole rings is 1. The summed E-state index contributed by atoms with van der Waals surface area (Å²) < 4.78 is 5.72. The molecule has 0 unspecified atom stereocenters. The molecule has 3 nitrogen and oxygen atoms in total. The van der Waals surface area contributed by atoms with Crippen LogP contribution in [0, 0.1) is 0 Å². The first-order chi connectivity index (χ1) is 7.29. The largest absolute Gasteiger partial charge is 0.378 e. The van der Waals surface area contributed by atoms with E-state index in [1.54, 1.807) is 0 Å². The fourth-order valence-corrected chi connectivity index (χ4v) is 2.80. The second-order valence-electron chi connectivity index (χ2n) is 4.11. The van der Waals surface area contributed by atoms with Crippen LogP contribution in [0.2, 0.25) is 0 Å². The van der Waals surface area contributed by atoms with E-state index < -0.39 is 0 Å². The smallest absolute Gasteiger partial charge is 0.180 e. The van der Waals surface area contributed by atoms with Crippen molar-refractivity contribution in [2.24, 2.45) is 0 Å². The minimum absolute atomic E-state index is 0.427. The van der Waals surface area contributed by atoms with Gasteiger partial charge in [-0.05, 0) is 19.3 Å². The SMILES string of the molecule is CCC[C@@H]1C[C@@H](c2csc(N)n2)CCO1. The summed E-state index contributed by atoms with van der Waals surface area (Å²) in [4.78, 5) is 4.37. The van der Waals surface area contributed by atoms with Crippen LogP contribution in [0.5, 0.6) is 0 Å². The van der Waals surface area contributed by atoms with Crippen LogP contribution >= 0.6 is 11.3 Å². The highest BCUT2D eigenvalue weighted by Crippen LogP contribution is 2.32. The second kappa shape index (κ2) is 4.94. The molecule has 4 heteroatoms. The Balaban J connectivity index is 1.98. The van der Waals surface area contributed by atoms with Crippen molar-refractivity contribution < 1.29 is 4.74 Å². The molecule has 0 aromatic carbocycles. The molecule has 84 valence electrons. The number of nitrogens with two attached hydrogens (primary N) is 1. The summed E-state index contributed by atoms with van der Waals surface area (Å²) >= 11 is 1.54. The normalized spacial score (nSPS) is 26.7. The zero-order valence-electron chi connectivity index (χ0n) is 9.11. The number of nitrogens with zero attached hydrogens (tertiary/aromatic N) is 1. The molecule has 2 rings (SSSR count). The van der Waals surface area contributed by atoms with Gasteiger partial charge in [0.1, 0.15) is 0 Å². The third kappa shape index (κ3) is 2.69. The van der Waals surface area contributed by atoms with Crippen molar-refractivity contribution in [3.8, 4) is 0 Å². The Morgan fingerprint density at radius 2 is 2.53 bits per heavy atom. The molecule has 1 aromatic rings. The maximum atomic E-state index is 5.72. The van der Waals surface area contributed by atoms with Gasteiger partial charge in [-0.2, -0.15) is 0 Å². The van der Waals surface area contributed by atoms with Gasteiger partial charge in [0.15, 0.2) is 5.13 Å². The highest BCUT2D eigenvalue weighted by atomic mass is 32.1. The predicted octanol–water partition coefficient (Wildman–Crippen LogP) is 2.79. The molecule has 1 aliphatic heterocycles. The van der Waals surface area contributed by atoms with Gasteiger partial charge < -0.3 is 10.5 Å². The summed E-state index contributed by atoms with van der Waals surface area (Å²) in [6.45, 7) is 3.07. The number of rotatable bonds is 3. The molecule has 2 heterocycles. The van der Waals surface area contributed by atoms with Crippen molar-refractivity contribution in [2.75, 3.05) is 12.3 Å². The van der Waals surface area contributed by atoms with Crippen LogP contribution in [-0.2, 0) is 4.74 Å². The molecule has 2 atom stereocenters. The van der Waals surface area contributed by atoms with Gasteiger partial charge in [0.25, 0.3) is 0 Å². The summed E-state index contributed by atoms with van der Waals surface area (Å²) in [6, 6.07) is 0. The van der Waals surface area contributed by atoms with E-state index in [4.69, 9.17) is 10.5 Å². The standard InChI is InChI=1S/C11H18N2OS/c1-2-3-9-6-8(4-5-14-9)10-7-15-11(12)13-10/h7-9H,2-6H2,1H3,(H2,12,13)/t8-,9+/m0/s1. The van der Waals surface area contributed by atoms with Gasteiger partial charge in [-0.15, -0.1) is 11.3 Å². The molecule has 0 amide bonds. The van der Waals surface area contributed by atoms with E-state index in [-0.39, 0.29) is 0 Å². The highest BCUT2D eigenvalue weighted by Gasteiger charge is 2.24. The highest BCUT2D eigenvalue weighted by molar-refractivity contribution is 7.13. The lowest BCUT2D eigenvalue weighted by atomic mass is 9.91. The van der Waals surface area contributed by atoms with Crippen molar-refractivity contribution in [3.63, 3.8) is 0 Å². The van der Waals surface area contributed by atoms with E-state index in [2.05, 4.69) is 17.3 Å². The predicted molar refractivity (Wildman–Crippen MR) is 63.1 cm³/mol. The fraction of sp³-hybridized carbons (Fsp3) is 0.727. The van der Waals surface area contributed by atoms with E-state index in [1.165, 1.54) is 23.5 Å². The van der Waals surface area contributed by atoms with Crippen LogP contribution in [0.15, 0.2) is 5.38 Å². The van der Waals surface area contributed by atoms with E-state index in [0.29, 0.717) is 17.2 Å². The molecular formula is C11H18N2OS. The Morgan fingerprint density at radius 1 is 1.67 bits per heavy atom. The third-order valence-corrected chi connectivity index (χ3v) is 3.63. The van der Waals surface area contributed by atoms with E-state index in [1.807, 2.05) is 0 Å². The molecule has 1 fully saturated rings. The third-order valence-electron chi connectivity index (χ3n) is 2.94. The summed E-state index contributed by atoms with van der Waals surface area (Å²) in [5.74, 6) is 0.559. The summed E-state index contributed by atoms with van der Waals surface area (Å²) in [5, 5.41) is 2.78. The van der Waals surface area contributed by atoms with E-state index in [0.717, 1.165) is 25.9 Å². The van der Waals surface area contributed by atoms with Gasteiger partial charge in [-0.1, -0.05) is 13.3 Å². The molecule has 0 saturated carbocycles. The number of nitrogen functional groups attached to an aromatic ring is 1. The molecule has 1 aliphatic rings. The molecule has 2 N–H and O–H groups in total. The number of hydrogen-bond donors (Lipinski definition) is 1. The van der Waals surface area contributed by atoms with Gasteiger partial charge in [0.05, 0.1) is 11.8 Å². The molecule has 1 aromatic heterocycles. The van der Waals surface area contributed by atoms with Gasteiger partial charge in [0.2, 0.25) is 0 Å². The van der Waals surface area contributed by atoms with Crippen LogP contribution in [0.3, 0.4) is 0 Å². The second-order valence-corrected chi connectivity index (χ2v) is 5.00. The number of ether oxygens (including phenoxy) is 1. The van der Waals surface area contributed by atoms with Crippen molar-refractivity contribution >= 4 is 16.5 Å². The van der Waals surface area contributed by atoms with Crippen LogP contribution in [0.1, 0.15) is 44.2 Å². The zero-order valence-corrected chi connectivity index (χ0v) is 9.93. The maximum absolute atomic E-state index is 5.72. The van der Waals surface area contributed by atoms with Crippen LogP contribution < -0.4 is 5.73 Å². The lowest BCUT2D eigenvalue weighted by Gasteiger charge is -2.28. The van der Waals surface area contributed by atoms with Crippen molar-refractivity contribution in [3.05, 3.63) is 11.1 Å². The molecule has 1 saturated heterocycles. The zero-order chi connectivity index (χ0) is 10.7. The van der Waals surface area contributed by atoms with Crippen molar-refractivity contribution in [1.82, 2.24) is 4.98 Å². The Morgan fingerprint density at radius 3 is 3.20 bits per heavy atom. The molecular weight excluding hydrogens is 208 g/mol. The summed E-state index contributed by atoms with van der Waals surface area (Å²) in [6.07, 6.45) is 4.98. The van der Waals surface area contributed by atoms with E-state index in [9.17, 15) is 0 Å². The minimum Gasteiger partial charge on any atom is -0.378 e. The molecule has 0 aliphatic carbocycles. The summed E-state index contributed by atoms with van der Waals surface area (Å²) in [7, 11) is 0. The van der Waals surface area contributed by atoms with Gasteiger partial charge in [-0.3, -0.25) is 0 Å². The quantitative estimate of drug-likeness (QED) is 0.862. The Bertz CT molecular complexity index is 311. The fourth-order valence-electron chi connectivity index (χ4n) is 2.16. The number of aromatic nitrogens is 1. The maximum Gasteiger partial charge on any atom is 0.180 e. The van der Waals surface area contributed by atoms with Crippen LogP contribution in [-0.4, -0.2) is 17.7 Å². The lowest BCUT2D eigenvalue weighted by Crippen LogP contribution is -2.24. The Hall–Kier alpha value is -0.610. The molecule has 0 radical (unpaired) electrons. The first-order valence-electron chi connectivity index (χ1n) is 5.62. The molecule has 0 bridgehead atoms. The van der Waals surface area contributed by atoms with Gasteiger partial charge in [-0.25, -0.2) is 4.98 Å². The minimum atomic E-state index is 0.427. The molecule has 15 heavy (non-hydrogen) atoms. The molecule has 0 spiro atoms. The first-order valence-corrected chi connectivity index (χ1v) is 6.50. The van der Waals surface area contributed by atoms with Crippen molar-refractivity contribution in [2.45, 2.75) is 44.6 Å². The number of anilines is 1. The van der Waals surface area contributed by atoms with Crippen molar-refractivity contribution in [1.29, 1.82) is 0 Å². The average molecular weight is 226 g/mol. The van der Waals surface area contributed by atoms with Gasteiger partial charge >= 0.3 is 0 Å². The first kappa shape index (κ1) is 10.9. The van der Waals surface area contributed by atoms with E-state index >= 15 is 0 Å². The van der Waals surface area contributed by atoms with Gasteiger partial charge in [0, 0.05) is 17.9 Å².